The van der Waals surface area contributed by atoms with E-state index in [0.29, 0.717) is 31.7 Å². The Balaban J connectivity index is 1.96. The number of benzene rings is 1. The molecule has 25 heavy (non-hydrogen) atoms. The predicted octanol–water partition coefficient (Wildman–Crippen LogP) is 2.85. The van der Waals surface area contributed by atoms with Crippen LogP contribution in [0.3, 0.4) is 0 Å². The monoisotopic (exact) mass is 345 g/mol. The summed E-state index contributed by atoms with van der Waals surface area (Å²) in [7, 11) is 0. The first-order valence-corrected chi connectivity index (χ1v) is 8.69. The summed E-state index contributed by atoms with van der Waals surface area (Å²) in [5, 5.41) is 11.6. The first-order chi connectivity index (χ1) is 11.9. The molecule has 1 N–H and O–H groups in total. The van der Waals surface area contributed by atoms with Gasteiger partial charge in [0, 0.05) is 25.6 Å². The van der Waals surface area contributed by atoms with Crippen LogP contribution in [0.1, 0.15) is 55.5 Å². The molecule has 5 nitrogen and oxygen atoms in total. The number of nitriles is 1. The van der Waals surface area contributed by atoms with Gasteiger partial charge in [0.2, 0.25) is 5.91 Å². The zero-order valence-electron chi connectivity index (χ0n) is 14.7. The molecular formula is C19H24FN3O2. The SMILES string of the molecule is CC(C)CCN1CCC(NC(=O)c2ccc(C#N)cc2F)CCC1=O. The number of halogens is 1. The minimum absolute atomic E-state index is 0.0776. The number of carbonyl (C=O) groups is 2. The lowest BCUT2D eigenvalue weighted by molar-refractivity contribution is -0.130. The average Bonchev–Trinajstić information content (AvgIpc) is 2.74. The molecule has 1 atom stereocenters. The number of hydrogen-bond acceptors (Lipinski definition) is 3. The van der Waals surface area contributed by atoms with Gasteiger partial charge in [-0.3, -0.25) is 9.59 Å². The summed E-state index contributed by atoms with van der Waals surface area (Å²) < 4.78 is 13.9. The predicted molar refractivity (Wildman–Crippen MR) is 92.3 cm³/mol. The molecule has 0 aliphatic carbocycles. The van der Waals surface area contributed by atoms with Crippen LogP contribution < -0.4 is 5.32 Å². The van der Waals surface area contributed by atoms with Crippen molar-refractivity contribution in [2.75, 3.05) is 13.1 Å². The Morgan fingerprint density at radius 2 is 2.20 bits per heavy atom. The van der Waals surface area contributed by atoms with Gasteiger partial charge in [-0.25, -0.2) is 4.39 Å². The standard InChI is InChI=1S/C19H24FN3O2/c1-13(2)7-9-23-10-8-15(4-6-18(23)24)22-19(25)16-5-3-14(12-21)11-17(16)20/h3,5,11,13,15H,4,6-10H2,1-2H3,(H,22,25). The molecule has 1 aliphatic heterocycles. The highest BCUT2D eigenvalue weighted by Crippen LogP contribution is 2.16. The van der Waals surface area contributed by atoms with Gasteiger partial charge >= 0.3 is 0 Å². The van der Waals surface area contributed by atoms with Crippen molar-refractivity contribution in [3.63, 3.8) is 0 Å². The van der Waals surface area contributed by atoms with Crippen LogP contribution in [0.15, 0.2) is 18.2 Å². The molecule has 2 rings (SSSR count). The van der Waals surface area contributed by atoms with Gasteiger partial charge in [-0.1, -0.05) is 13.8 Å². The zero-order valence-corrected chi connectivity index (χ0v) is 14.7. The largest absolute Gasteiger partial charge is 0.349 e. The highest BCUT2D eigenvalue weighted by molar-refractivity contribution is 5.94. The van der Waals surface area contributed by atoms with Crippen molar-refractivity contribution in [3.8, 4) is 6.07 Å². The Morgan fingerprint density at radius 3 is 2.84 bits per heavy atom. The van der Waals surface area contributed by atoms with Crippen LogP contribution in [0.25, 0.3) is 0 Å². The summed E-state index contributed by atoms with van der Waals surface area (Å²) in [6, 6.07) is 5.47. The van der Waals surface area contributed by atoms with Gasteiger partial charge in [0.25, 0.3) is 5.91 Å². The molecule has 0 radical (unpaired) electrons. The van der Waals surface area contributed by atoms with Crippen LogP contribution in [0.4, 0.5) is 4.39 Å². The number of likely N-dealkylation sites (tertiary alicyclic amines) is 1. The maximum Gasteiger partial charge on any atom is 0.254 e. The van der Waals surface area contributed by atoms with Crippen LogP contribution in [-0.2, 0) is 4.79 Å². The van der Waals surface area contributed by atoms with Crippen LogP contribution in [0.2, 0.25) is 0 Å². The number of nitrogens with zero attached hydrogens (tertiary/aromatic N) is 2. The van der Waals surface area contributed by atoms with E-state index in [9.17, 15) is 14.0 Å². The van der Waals surface area contributed by atoms with E-state index in [1.54, 1.807) is 0 Å². The van der Waals surface area contributed by atoms with E-state index >= 15 is 0 Å². The van der Waals surface area contributed by atoms with E-state index in [-0.39, 0.29) is 23.1 Å². The molecule has 2 amide bonds. The van der Waals surface area contributed by atoms with Gasteiger partial charge in [0.05, 0.1) is 17.2 Å². The van der Waals surface area contributed by atoms with Gasteiger partial charge in [-0.15, -0.1) is 0 Å². The Hall–Kier alpha value is -2.42. The summed E-state index contributed by atoms with van der Waals surface area (Å²) in [5.41, 5.74) is 0.0983. The molecule has 0 saturated carbocycles. The molecule has 0 bridgehead atoms. The van der Waals surface area contributed by atoms with Gasteiger partial charge in [-0.2, -0.15) is 5.26 Å². The molecule has 0 spiro atoms. The van der Waals surface area contributed by atoms with Gasteiger partial charge < -0.3 is 10.2 Å². The topological polar surface area (TPSA) is 73.2 Å². The van der Waals surface area contributed by atoms with Crippen LogP contribution >= 0.6 is 0 Å². The molecule has 1 unspecified atom stereocenters. The molecule has 1 saturated heterocycles. The molecule has 6 heteroatoms. The van der Waals surface area contributed by atoms with Crippen molar-refractivity contribution >= 4 is 11.8 Å². The lowest BCUT2D eigenvalue weighted by atomic mass is 10.1. The summed E-state index contributed by atoms with van der Waals surface area (Å²) in [6.45, 7) is 5.59. The maximum atomic E-state index is 13.9. The summed E-state index contributed by atoms with van der Waals surface area (Å²) >= 11 is 0. The fourth-order valence-electron chi connectivity index (χ4n) is 2.86. The average molecular weight is 345 g/mol. The fraction of sp³-hybridized carbons (Fsp3) is 0.526. The molecule has 0 aromatic heterocycles. The van der Waals surface area contributed by atoms with Crippen molar-refractivity contribution in [3.05, 3.63) is 35.1 Å². The highest BCUT2D eigenvalue weighted by Gasteiger charge is 2.24. The number of rotatable bonds is 5. The maximum absolute atomic E-state index is 13.9. The summed E-state index contributed by atoms with van der Waals surface area (Å²) in [6.07, 6.45) is 2.56. The Morgan fingerprint density at radius 1 is 1.44 bits per heavy atom. The number of carbonyl (C=O) groups excluding carboxylic acids is 2. The third-order valence-corrected chi connectivity index (χ3v) is 4.46. The molecule has 1 fully saturated rings. The van der Waals surface area contributed by atoms with E-state index in [4.69, 9.17) is 5.26 Å². The van der Waals surface area contributed by atoms with Crippen molar-refractivity contribution in [2.24, 2.45) is 5.92 Å². The zero-order chi connectivity index (χ0) is 18.4. The minimum atomic E-state index is -0.709. The van der Waals surface area contributed by atoms with E-state index < -0.39 is 11.7 Å². The van der Waals surface area contributed by atoms with Crippen LogP contribution in [0.5, 0.6) is 0 Å². The third kappa shape index (κ3) is 5.28. The molecule has 1 aromatic carbocycles. The van der Waals surface area contributed by atoms with E-state index in [2.05, 4.69) is 19.2 Å². The molecular weight excluding hydrogens is 321 g/mol. The second kappa shape index (κ2) is 8.61. The van der Waals surface area contributed by atoms with Crippen molar-refractivity contribution in [1.29, 1.82) is 5.26 Å². The van der Waals surface area contributed by atoms with Crippen molar-refractivity contribution in [2.45, 2.75) is 45.6 Å². The lowest BCUT2D eigenvalue weighted by Gasteiger charge is -2.22. The molecule has 134 valence electrons. The molecule has 1 aromatic rings. The number of hydrogen-bond donors (Lipinski definition) is 1. The number of amides is 2. The lowest BCUT2D eigenvalue weighted by Crippen LogP contribution is -2.36. The van der Waals surface area contributed by atoms with E-state index in [1.165, 1.54) is 12.1 Å². The Labute approximate surface area is 147 Å². The minimum Gasteiger partial charge on any atom is -0.349 e. The summed E-state index contributed by atoms with van der Waals surface area (Å²) in [5.74, 6) is -0.567. The van der Waals surface area contributed by atoms with Crippen molar-refractivity contribution < 1.29 is 14.0 Å². The van der Waals surface area contributed by atoms with Gasteiger partial charge in [-0.05, 0) is 43.4 Å². The smallest absolute Gasteiger partial charge is 0.254 e. The summed E-state index contributed by atoms with van der Waals surface area (Å²) in [4.78, 5) is 26.3. The molecule has 1 aliphatic rings. The molecule has 1 heterocycles. The highest BCUT2D eigenvalue weighted by atomic mass is 19.1. The first kappa shape index (κ1) is 18.9. The Kier molecular flexibility index (Phi) is 6.51. The second-order valence-electron chi connectivity index (χ2n) is 6.87. The second-order valence-corrected chi connectivity index (χ2v) is 6.87. The third-order valence-electron chi connectivity index (χ3n) is 4.46. The van der Waals surface area contributed by atoms with Crippen LogP contribution in [-0.4, -0.2) is 35.8 Å². The normalized spacial score (nSPS) is 18.0. The fourth-order valence-corrected chi connectivity index (χ4v) is 2.86. The first-order valence-electron chi connectivity index (χ1n) is 8.69. The van der Waals surface area contributed by atoms with E-state index in [0.717, 1.165) is 19.0 Å². The Bertz CT molecular complexity index is 682. The van der Waals surface area contributed by atoms with Gasteiger partial charge in [0.15, 0.2) is 0 Å². The quantitative estimate of drug-likeness (QED) is 0.892. The van der Waals surface area contributed by atoms with E-state index in [1.807, 2.05) is 11.0 Å². The van der Waals surface area contributed by atoms with Crippen molar-refractivity contribution in [1.82, 2.24) is 10.2 Å². The van der Waals surface area contributed by atoms with Gasteiger partial charge in [0.1, 0.15) is 5.82 Å². The number of nitrogens with one attached hydrogen (secondary N) is 1. The van der Waals surface area contributed by atoms with Crippen LogP contribution in [0, 0.1) is 23.1 Å².